The summed E-state index contributed by atoms with van der Waals surface area (Å²) in [4.78, 5) is 115. The molecule has 0 aliphatic carbocycles. The summed E-state index contributed by atoms with van der Waals surface area (Å²) in [6.07, 6.45) is 2.07. The molecule has 2 aromatic carbocycles. The molecule has 0 aliphatic rings. The van der Waals surface area contributed by atoms with Gasteiger partial charge in [-0.3, -0.25) is 38.6 Å². The van der Waals surface area contributed by atoms with E-state index in [0.29, 0.717) is 22.0 Å². The lowest BCUT2D eigenvalue weighted by atomic mass is 10.00. The Kier molecular flexibility index (Phi) is 19.1. The number of rotatable bonds is 26. The molecule has 0 saturated carbocycles. The van der Waals surface area contributed by atoms with Crippen LogP contribution in [0.15, 0.2) is 65.9 Å². The van der Waals surface area contributed by atoms with E-state index in [2.05, 4.69) is 46.9 Å². The minimum atomic E-state index is -1.77. The molecule has 0 fully saturated rings. The van der Waals surface area contributed by atoms with Crippen LogP contribution < -0.4 is 49.1 Å². The smallest absolute Gasteiger partial charge is 0.326 e. The summed E-state index contributed by atoms with van der Waals surface area (Å²) in [5, 5.41) is 55.2. The Morgan fingerprint density at radius 1 is 0.612 bits per heavy atom. The Morgan fingerprint density at radius 3 is 1.48 bits per heavy atom. The second kappa shape index (κ2) is 24.6. The van der Waals surface area contributed by atoms with Gasteiger partial charge in [0.1, 0.15) is 36.3 Å². The molecule has 2 aromatic heterocycles. The van der Waals surface area contributed by atoms with E-state index >= 15 is 0 Å². The average Bonchev–Trinajstić information content (AvgIpc) is 3.89. The van der Waals surface area contributed by atoms with Crippen LogP contribution in [0.5, 0.6) is 0 Å². The van der Waals surface area contributed by atoms with Gasteiger partial charge in [-0.25, -0.2) is 4.79 Å². The maximum absolute atomic E-state index is 14.5. The normalized spacial score (nSPS) is 14.4. The number of carbonyl (C=O) groups is 8. The number of H-pyrrole nitrogens is 2. The van der Waals surface area contributed by atoms with Crippen LogP contribution in [0.25, 0.3) is 21.8 Å². The predicted molar refractivity (Wildman–Crippen MR) is 242 cm³/mol. The van der Waals surface area contributed by atoms with Crippen LogP contribution in [0.1, 0.15) is 44.2 Å². The topological polar surface area (TPSA) is 412 Å². The van der Waals surface area contributed by atoms with Crippen LogP contribution >= 0.6 is 0 Å². The van der Waals surface area contributed by atoms with Gasteiger partial charge in [-0.15, -0.1) is 0 Å². The number of fused-ring (bicyclic) bond motifs is 2. The number of carbonyl (C=O) groups excluding carboxylic acids is 6. The highest BCUT2D eigenvalue weighted by Crippen LogP contribution is 2.21. The van der Waals surface area contributed by atoms with Crippen LogP contribution in [0.4, 0.5) is 0 Å². The molecule has 0 bridgehead atoms. The van der Waals surface area contributed by atoms with Gasteiger partial charge in [-0.1, -0.05) is 50.2 Å². The molecular formula is C43H58N12O12. The molecule has 4 aromatic rings. The molecule has 24 heteroatoms. The van der Waals surface area contributed by atoms with Gasteiger partial charge in [0.05, 0.1) is 25.7 Å². The molecule has 0 spiro atoms. The van der Waals surface area contributed by atoms with Gasteiger partial charge in [-0.2, -0.15) is 0 Å². The molecule has 0 saturated heterocycles. The largest absolute Gasteiger partial charge is 0.481 e. The second-order valence-corrected chi connectivity index (χ2v) is 16.0. The fourth-order valence-corrected chi connectivity index (χ4v) is 7.04. The summed E-state index contributed by atoms with van der Waals surface area (Å²) in [5.74, 6) is -9.50. The highest BCUT2D eigenvalue weighted by molar-refractivity contribution is 5.98. The van der Waals surface area contributed by atoms with Crippen LogP contribution in [-0.4, -0.2) is 146 Å². The van der Waals surface area contributed by atoms with Crippen molar-refractivity contribution in [3.05, 3.63) is 72.1 Å². The van der Waals surface area contributed by atoms with E-state index in [-0.39, 0.29) is 38.2 Å². The minimum Gasteiger partial charge on any atom is -0.481 e. The number of aliphatic hydroxyl groups is 2. The molecule has 0 unspecified atom stereocenters. The SMILES string of the molecule is CC(C)[C@H](NC(=O)[C@H](Cc1c[nH]c2ccccc12)NC(=O)[C@H](Cc1c[nH]c2ccccc12)NC(=O)[C@H](CO)NC(=O)[C@H](CCCN=C(N)N)NC(=O)[C@H](CO)NC(=O)[C@@H](N)CC(=O)O)C(=O)O. The zero-order chi connectivity index (χ0) is 49.4. The summed E-state index contributed by atoms with van der Waals surface area (Å²) >= 11 is 0. The lowest BCUT2D eigenvalue weighted by Crippen LogP contribution is -2.61. The number of hydrogen-bond donors (Lipinski definition) is 15. The van der Waals surface area contributed by atoms with Crippen molar-refractivity contribution in [1.82, 2.24) is 41.9 Å². The van der Waals surface area contributed by atoms with Crippen molar-refractivity contribution < 1.29 is 58.8 Å². The number of carboxylic acid groups (broad SMARTS) is 2. The maximum Gasteiger partial charge on any atom is 0.326 e. The minimum absolute atomic E-state index is 0.0194. The first-order valence-corrected chi connectivity index (χ1v) is 21.2. The summed E-state index contributed by atoms with van der Waals surface area (Å²) in [7, 11) is 0. The van der Waals surface area contributed by atoms with E-state index in [1.165, 1.54) is 0 Å². The number of nitrogens with two attached hydrogens (primary N) is 3. The number of para-hydroxylation sites is 2. The van der Waals surface area contributed by atoms with E-state index in [4.69, 9.17) is 22.3 Å². The van der Waals surface area contributed by atoms with Crippen LogP contribution in [-0.2, 0) is 51.2 Å². The first-order chi connectivity index (χ1) is 31.8. The van der Waals surface area contributed by atoms with Crippen molar-refractivity contribution in [2.24, 2.45) is 28.1 Å². The van der Waals surface area contributed by atoms with Crippen LogP contribution in [0.3, 0.4) is 0 Å². The third-order valence-corrected chi connectivity index (χ3v) is 10.6. The summed E-state index contributed by atoms with van der Waals surface area (Å²) in [6.45, 7) is 1.17. The van der Waals surface area contributed by atoms with Crippen molar-refractivity contribution >= 4 is 75.1 Å². The van der Waals surface area contributed by atoms with Gasteiger partial charge in [0.25, 0.3) is 0 Å². The third kappa shape index (κ3) is 15.0. The van der Waals surface area contributed by atoms with Gasteiger partial charge < -0.3 is 79.5 Å². The third-order valence-electron chi connectivity index (χ3n) is 10.6. The monoisotopic (exact) mass is 934 g/mol. The molecular weight excluding hydrogens is 877 g/mol. The number of nitrogens with zero attached hydrogens (tertiary/aromatic N) is 1. The number of aliphatic imine (C=N–C) groups is 1. The maximum atomic E-state index is 14.5. The number of hydrogen-bond acceptors (Lipinski definition) is 12. The van der Waals surface area contributed by atoms with E-state index in [0.717, 1.165) is 10.9 Å². The fourth-order valence-electron chi connectivity index (χ4n) is 7.04. The molecule has 67 heavy (non-hydrogen) atoms. The van der Waals surface area contributed by atoms with Gasteiger partial charge >= 0.3 is 11.9 Å². The van der Waals surface area contributed by atoms with Gasteiger partial charge in [0.2, 0.25) is 35.4 Å². The Morgan fingerprint density at radius 2 is 1.03 bits per heavy atom. The van der Waals surface area contributed by atoms with E-state index < -0.39 is 115 Å². The van der Waals surface area contributed by atoms with Gasteiger partial charge in [0.15, 0.2) is 5.96 Å². The number of aliphatic carboxylic acids is 2. The predicted octanol–water partition coefficient (Wildman–Crippen LogP) is -3.08. The number of aliphatic hydroxyl groups excluding tert-OH is 2. The Labute approximate surface area is 383 Å². The van der Waals surface area contributed by atoms with Gasteiger partial charge in [-0.05, 0) is 42.0 Å². The first-order valence-electron chi connectivity index (χ1n) is 21.2. The molecule has 362 valence electrons. The van der Waals surface area contributed by atoms with Crippen LogP contribution in [0, 0.1) is 5.92 Å². The number of amides is 6. The van der Waals surface area contributed by atoms with Crippen molar-refractivity contribution in [3.8, 4) is 0 Å². The number of guanidine groups is 1. The molecule has 24 nitrogen and oxygen atoms in total. The Balaban J connectivity index is 1.62. The molecule has 0 aliphatic heterocycles. The van der Waals surface area contributed by atoms with E-state index in [1.54, 1.807) is 68.7 Å². The number of aromatic nitrogens is 2. The quantitative estimate of drug-likeness (QED) is 0.0169. The van der Waals surface area contributed by atoms with Crippen molar-refractivity contribution in [1.29, 1.82) is 0 Å². The standard InChI is InChI=1S/C43H58N12O12/c1-21(2)35(42(66)67)55-39(63)31(15-23-18-49-28-11-6-4-9-25(23)28)51-38(62)30(14-22-17-48-27-10-5-3-8-24(22)27)52-41(65)33(20-57)54-37(61)29(12-7-13-47-43(45)46)50-40(64)32(19-56)53-36(60)26(44)16-34(58)59/h3-6,8-11,17-18,21,26,29-33,35,48-49,56-57H,7,12-16,19-20,44H2,1-2H3,(H,50,64)(H,51,62)(H,52,65)(H,53,60)(H,54,61)(H,55,63)(H,58,59)(H,66,67)(H4,45,46,47)/t26-,29-,30-,31-,32-,33-,35-/m0/s1. The van der Waals surface area contributed by atoms with Crippen molar-refractivity contribution in [2.45, 2.75) is 88.2 Å². The lowest BCUT2D eigenvalue weighted by molar-refractivity contribution is -0.143. The number of nitrogens with one attached hydrogen (secondary N) is 8. The number of carboxylic acids is 2. The Bertz CT molecular complexity index is 2430. The van der Waals surface area contributed by atoms with Crippen LogP contribution in [0.2, 0.25) is 0 Å². The van der Waals surface area contributed by atoms with Crippen molar-refractivity contribution in [3.63, 3.8) is 0 Å². The zero-order valence-electron chi connectivity index (χ0n) is 36.8. The highest BCUT2D eigenvalue weighted by atomic mass is 16.4. The molecule has 18 N–H and O–H groups in total. The van der Waals surface area contributed by atoms with E-state index in [1.807, 2.05) is 6.07 Å². The summed E-state index contributed by atoms with van der Waals surface area (Å²) < 4.78 is 0. The number of benzene rings is 2. The lowest BCUT2D eigenvalue weighted by Gasteiger charge is -2.27. The fraction of sp³-hybridized carbons (Fsp3) is 0.419. The Hall–Kier alpha value is -7.57. The van der Waals surface area contributed by atoms with Gasteiger partial charge in [0, 0.05) is 53.6 Å². The molecule has 7 atom stereocenters. The molecule has 6 amide bonds. The van der Waals surface area contributed by atoms with Crippen molar-refractivity contribution in [2.75, 3.05) is 19.8 Å². The summed E-state index contributed by atoms with van der Waals surface area (Å²) in [5.41, 5.74) is 19.0. The zero-order valence-corrected chi connectivity index (χ0v) is 36.8. The highest BCUT2D eigenvalue weighted by Gasteiger charge is 2.35. The molecule has 0 radical (unpaired) electrons. The summed E-state index contributed by atoms with van der Waals surface area (Å²) in [6, 6.07) is 3.55. The number of aromatic amines is 2. The average molecular weight is 935 g/mol. The molecule has 2 heterocycles. The first kappa shape index (κ1) is 52.1. The molecule has 4 rings (SSSR count). The second-order valence-electron chi connectivity index (χ2n) is 16.0. The van der Waals surface area contributed by atoms with E-state index in [9.17, 15) is 53.7 Å².